The number of nitrogen functional groups attached to an aromatic ring is 1. The Morgan fingerprint density at radius 3 is 1.95 bits per heavy atom. The maximum absolute atomic E-state index is 5.75. The van der Waals surface area contributed by atoms with Crippen LogP contribution < -0.4 is 5.73 Å². The van der Waals surface area contributed by atoms with Gasteiger partial charge >= 0.3 is 0 Å². The predicted molar refractivity (Wildman–Crippen MR) is 84.8 cm³/mol. The molecule has 20 heavy (non-hydrogen) atoms. The summed E-state index contributed by atoms with van der Waals surface area (Å²) in [6, 6.07) is 18.9. The Balaban J connectivity index is 2.23. The maximum atomic E-state index is 5.75. The Morgan fingerprint density at radius 1 is 0.800 bits per heavy atom. The fourth-order valence-electron chi connectivity index (χ4n) is 2.58. The molecule has 96 valence electrons. The predicted octanol–water partition coefficient (Wildman–Crippen LogP) is 4.09. The molecule has 0 bridgehead atoms. The van der Waals surface area contributed by atoms with Crippen LogP contribution in [0.25, 0.3) is 32.1 Å². The summed E-state index contributed by atoms with van der Waals surface area (Å²) < 4.78 is 0. The standard InChI is InChI=1S/C16H11N3S/c17-16-19-18-15(20-16)14-12-7-3-1-5-10(12)9-11-6-2-4-8-13(11)14/h1-9H,(H2,17,19). The number of rotatable bonds is 1. The highest BCUT2D eigenvalue weighted by Gasteiger charge is 2.13. The molecular formula is C16H11N3S. The lowest BCUT2D eigenvalue weighted by molar-refractivity contribution is 1.11. The fourth-order valence-corrected chi connectivity index (χ4v) is 3.26. The summed E-state index contributed by atoms with van der Waals surface area (Å²) in [5, 5.41) is 14.3. The first-order chi connectivity index (χ1) is 9.83. The normalized spacial score (nSPS) is 11.2. The topological polar surface area (TPSA) is 51.8 Å². The van der Waals surface area contributed by atoms with E-state index in [1.165, 1.54) is 32.9 Å². The van der Waals surface area contributed by atoms with E-state index in [1.54, 1.807) is 0 Å². The van der Waals surface area contributed by atoms with Crippen molar-refractivity contribution in [3.05, 3.63) is 54.6 Å². The highest BCUT2D eigenvalue weighted by atomic mass is 32.1. The highest BCUT2D eigenvalue weighted by molar-refractivity contribution is 7.18. The highest BCUT2D eigenvalue weighted by Crippen LogP contribution is 2.37. The molecule has 0 radical (unpaired) electrons. The van der Waals surface area contributed by atoms with Crippen molar-refractivity contribution in [2.24, 2.45) is 0 Å². The molecule has 0 aliphatic rings. The zero-order valence-electron chi connectivity index (χ0n) is 10.6. The molecule has 1 aromatic heterocycles. The second-order valence-corrected chi connectivity index (χ2v) is 5.65. The number of aromatic nitrogens is 2. The molecule has 3 nitrogen and oxygen atoms in total. The van der Waals surface area contributed by atoms with E-state index in [2.05, 4.69) is 52.7 Å². The third-order valence-corrected chi connectivity index (χ3v) is 4.20. The van der Waals surface area contributed by atoms with Crippen LogP contribution in [0.4, 0.5) is 5.13 Å². The average Bonchev–Trinajstić information content (AvgIpc) is 2.91. The Morgan fingerprint density at radius 2 is 1.40 bits per heavy atom. The Hall–Kier alpha value is -2.46. The summed E-state index contributed by atoms with van der Waals surface area (Å²) >= 11 is 1.43. The Labute approximate surface area is 119 Å². The molecule has 0 unspecified atom stereocenters. The van der Waals surface area contributed by atoms with Crippen LogP contribution in [0.1, 0.15) is 0 Å². The van der Waals surface area contributed by atoms with Crippen LogP contribution in [-0.4, -0.2) is 10.2 Å². The van der Waals surface area contributed by atoms with E-state index in [4.69, 9.17) is 5.73 Å². The summed E-state index contributed by atoms with van der Waals surface area (Å²) in [5.74, 6) is 0. The minimum Gasteiger partial charge on any atom is -0.374 e. The molecule has 0 aliphatic carbocycles. The van der Waals surface area contributed by atoms with Gasteiger partial charge in [-0.3, -0.25) is 0 Å². The van der Waals surface area contributed by atoms with Crippen molar-refractivity contribution in [3.8, 4) is 10.6 Å². The van der Waals surface area contributed by atoms with Crippen molar-refractivity contribution >= 4 is 38.0 Å². The smallest absolute Gasteiger partial charge is 0.203 e. The van der Waals surface area contributed by atoms with Crippen LogP contribution >= 0.6 is 11.3 Å². The SMILES string of the molecule is Nc1nnc(-c2c3ccccc3cc3ccccc23)s1. The van der Waals surface area contributed by atoms with E-state index in [0.29, 0.717) is 5.13 Å². The lowest BCUT2D eigenvalue weighted by Gasteiger charge is -2.08. The quantitative estimate of drug-likeness (QED) is 0.533. The second kappa shape index (κ2) is 4.28. The van der Waals surface area contributed by atoms with Crippen LogP contribution in [0, 0.1) is 0 Å². The molecule has 0 amide bonds. The van der Waals surface area contributed by atoms with Crippen molar-refractivity contribution in [1.29, 1.82) is 0 Å². The van der Waals surface area contributed by atoms with E-state index < -0.39 is 0 Å². The molecule has 0 saturated carbocycles. The number of fused-ring (bicyclic) bond motifs is 2. The molecule has 0 spiro atoms. The lowest BCUT2D eigenvalue weighted by Crippen LogP contribution is -1.85. The zero-order chi connectivity index (χ0) is 13.5. The Bertz CT molecular complexity index is 873. The van der Waals surface area contributed by atoms with Crippen LogP contribution in [0.5, 0.6) is 0 Å². The van der Waals surface area contributed by atoms with Crippen LogP contribution in [0.2, 0.25) is 0 Å². The minimum atomic E-state index is 0.497. The molecular weight excluding hydrogens is 266 g/mol. The van der Waals surface area contributed by atoms with E-state index in [-0.39, 0.29) is 0 Å². The molecule has 0 fully saturated rings. The lowest BCUT2D eigenvalue weighted by atomic mass is 9.97. The van der Waals surface area contributed by atoms with Gasteiger partial charge in [0, 0.05) is 5.56 Å². The molecule has 0 saturated heterocycles. The molecule has 0 atom stereocenters. The molecule has 1 heterocycles. The van der Waals surface area contributed by atoms with Gasteiger partial charge in [-0.15, -0.1) is 10.2 Å². The first kappa shape index (κ1) is 11.4. The number of anilines is 1. The van der Waals surface area contributed by atoms with Gasteiger partial charge in [-0.05, 0) is 27.6 Å². The van der Waals surface area contributed by atoms with E-state index >= 15 is 0 Å². The number of nitrogens with zero attached hydrogens (tertiary/aromatic N) is 2. The van der Waals surface area contributed by atoms with Gasteiger partial charge in [-0.2, -0.15) is 0 Å². The first-order valence-electron chi connectivity index (χ1n) is 6.33. The largest absolute Gasteiger partial charge is 0.374 e. The molecule has 4 aromatic rings. The number of nitrogens with two attached hydrogens (primary N) is 1. The summed E-state index contributed by atoms with van der Waals surface area (Å²) in [7, 11) is 0. The third-order valence-electron chi connectivity index (χ3n) is 3.43. The van der Waals surface area contributed by atoms with Crippen LogP contribution in [0.3, 0.4) is 0 Å². The van der Waals surface area contributed by atoms with Gasteiger partial charge in [-0.1, -0.05) is 59.9 Å². The molecule has 4 rings (SSSR count). The summed E-state index contributed by atoms with van der Waals surface area (Å²) in [6.07, 6.45) is 0. The minimum absolute atomic E-state index is 0.497. The van der Waals surface area contributed by atoms with Gasteiger partial charge < -0.3 is 5.73 Å². The van der Waals surface area contributed by atoms with Crippen LogP contribution in [0.15, 0.2) is 54.6 Å². The van der Waals surface area contributed by atoms with Gasteiger partial charge in [0.2, 0.25) is 5.13 Å². The van der Waals surface area contributed by atoms with Gasteiger partial charge in [-0.25, -0.2) is 0 Å². The molecule has 0 aliphatic heterocycles. The van der Waals surface area contributed by atoms with Gasteiger partial charge in [0.25, 0.3) is 0 Å². The molecule has 4 heteroatoms. The van der Waals surface area contributed by atoms with E-state index in [9.17, 15) is 0 Å². The fraction of sp³-hybridized carbons (Fsp3) is 0. The van der Waals surface area contributed by atoms with Gasteiger partial charge in [0.1, 0.15) is 0 Å². The number of hydrogen-bond acceptors (Lipinski definition) is 4. The third kappa shape index (κ3) is 1.66. The van der Waals surface area contributed by atoms with Gasteiger partial charge in [0.15, 0.2) is 5.01 Å². The Kier molecular flexibility index (Phi) is 2.44. The monoisotopic (exact) mass is 277 g/mol. The van der Waals surface area contributed by atoms with E-state index in [0.717, 1.165) is 10.6 Å². The zero-order valence-corrected chi connectivity index (χ0v) is 11.4. The summed E-state index contributed by atoms with van der Waals surface area (Å²) in [5.41, 5.74) is 6.87. The van der Waals surface area contributed by atoms with Crippen molar-refractivity contribution in [2.45, 2.75) is 0 Å². The average molecular weight is 277 g/mol. The maximum Gasteiger partial charge on any atom is 0.203 e. The summed E-state index contributed by atoms with van der Waals surface area (Å²) in [4.78, 5) is 0. The summed E-state index contributed by atoms with van der Waals surface area (Å²) in [6.45, 7) is 0. The molecule has 2 N–H and O–H groups in total. The van der Waals surface area contributed by atoms with Crippen molar-refractivity contribution in [2.75, 3.05) is 5.73 Å². The molecule has 3 aromatic carbocycles. The number of benzene rings is 3. The van der Waals surface area contributed by atoms with E-state index in [1.807, 2.05) is 12.1 Å². The van der Waals surface area contributed by atoms with Crippen molar-refractivity contribution in [3.63, 3.8) is 0 Å². The van der Waals surface area contributed by atoms with Crippen molar-refractivity contribution in [1.82, 2.24) is 10.2 Å². The number of hydrogen-bond donors (Lipinski definition) is 1. The van der Waals surface area contributed by atoms with Crippen molar-refractivity contribution < 1.29 is 0 Å². The van der Waals surface area contributed by atoms with Crippen LogP contribution in [-0.2, 0) is 0 Å². The first-order valence-corrected chi connectivity index (χ1v) is 7.14. The second-order valence-electron chi connectivity index (χ2n) is 4.64. The van der Waals surface area contributed by atoms with Gasteiger partial charge in [0.05, 0.1) is 0 Å².